The number of ketones is 1. The number of Topliss-reactive ketones (excluding diaryl/α,β-unsaturated/α-hetero) is 1. The van der Waals surface area contributed by atoms with Crippen molar-refractivity contribution < 1.29 is 19.1 Å². The summed E-state index contributed by atoms with van der Waals surface area (Å²) in [6.45, 7) is 8.45. The second-order valence-corrected chi connectivity index (χ2v) is 5.11. The zero-order valence-electron chi connectivity index (χ0n) is 13.0. The molecule has 1 amide bonds. The van der Waals surface area contributed by atoms with Crippen molar-refractivity contribution in [3.05, 3.63) is 0 Å². The quantitative estimate of drug-likeness (QED) is 0.400. The van der Waals surface area contributed by atoms with Gasteiger partial charge in [0.25, 0.3) is 0 Å². The molecular weight excluding hydrogens is 260 g/mol. The molecule has 0 saturated heterocycles. The number of carbonyl (C=O) groups is 2. The highest BCUT2D eigenvalue weighted by molar-refractivity contribution is 5.96. The van der Waals surface area contributed by atoms with E-state index in [0.29, 0.717) is 26.4 Å². The molecule has 2 atom stereocenters. The van der Waals surface area contributed by atoms with Crippen LogP contribution in [0.5, 0.6) is 0 Å². The molecule has 0 aromatic rings. The summed E-state index contributed by atoms with van der Waals surface area (Å²) in [6, 6.07) is 0. The Bertz CT molecular complexity index is 284. The summed E-state index contributed by atoms with van der Waals surface area (Å²) in [5.74, 6) is -0.150. The van der Waals surface area contributed by atoms with Gasteiger partial charge in [0.2, 0.25) is 5.91 Å². The maximum Gasteiger partial charge on any atom is 0.227 e. The Morgan fingerprint density at radius 3 is 2.50 bits per heavy atom. The van der Waals surface area contributed by atoms with Crippen LogP contribution in [0, 0.1) is 5.92 Å². The molecule has 2 N–H and O–H groups in total. The first kappa shape index (κ1) is 19.0. The lowest BCUT2D eigenvalue weighted by atomic mass is 10.2. The van der Waals surface area contributed by atoms with Crippen LogP contribution in [0.15, 0.2) is 0 Å². The zero-order chi connectivity index (χ0) is 15.4. The normalized spacial score (nSPS) is 13.8. The maximum absolute atomic E-state index is 11.3. The van der Waals surface area contributed by atoms with E-state index in [4.69, 9.17) is 9.47 Å². The van der Waals surface area contributed by atoms with Crippen molar-refractivity contribution in [2.45, 2.75) is 33.3 Å². The van der Waals surface area contributed by atoms with E-state index in [9.17, 15) is 9.59 Å². The van der Waals surface area contributed by atoms with Crippen LogP contribution in [0.3, 0.4) is 0 Å². The maximum atomic E-state index is 11.3. The van der Waals surface area contributed by atoms with E-state index in [2.05, 4.69) is 10.6 Å². The van der Waals surface area contributed by atoms with Gasteiger partial charge in [0, 0.05) is 13.1 Å². The van der Waals surface area contributed by atoms with E-state index in [1.54, 1.807) is 0 Å². The molecule has 6 heteroatoms. The van der Waals surface area contributed by atoms with Gasteiger partial charge in [0.15, 0.2) is 0 Å². The van der Waals surface area contributed by atoms with E-state index in [1.807, 2.05) is 20.9 Å². The lowest BCUT2D eigenvalue weighted by Gasteiger charge is -2.16. The minimum absolute atomic E-state index is 0.0517. The number of likely N-dealkylation sites (N-methyl/N-ethyl adjacent to an activating group) is 1. The van der Waals surface area contributed by atoms with Crippen LogP contribution >= 0.6 is 0 Å². The average molecular weight is 288 g/mol. The van der Waals surface area contributed by atoms with Crippen LogP contribution in [0.2, 0.25) is 0 Å². The largest absolute Gasteiger partial charge is 0.378 e. The Hall–Kier alpha value is -0.980. The fourth-order valence-electron chi connectivity index (χ4n) is 1.48. The molecule has 0 rings (SSSR count). The minimum Gasteiger partial charge on any atom is -0.378 e. The minimum atomic E-state index is -0.229. The van der Waals surface area contributed by atoms with E-state index < -0.39 is 0 Å². The fourth-order valence-corrected chi connectivity index (χ4v) is 1.48. The number of carbonyl (C=O) groups excluding carboxylic acids is 2. The van der Waals surface area contributed by atoms with Crippen molar-refractivity contribution in [1.29, 1.82) is 0 Å². The topological polar surface area (TPSA) is 76.7 Å². The summed E-state index contributed by atoms with van der Waals surface area (Å²) < 4.78 is 11.0. The van der Waals surface area contributed by atoms with Gasteiger partial charge in [-0.2, -0.15) is 0 Å². The fraction of sp³-hybridized carbons (Fsp3) is 0.857. The zero-order valence-corrected chi connectivity index (χ0v) is 13.0. The van der Waals surface area contributed by atoms with E-state index in [-0.39, 0.29) is 30.1 Å². The predicted molar refractivity (Wildman–Crippen MR) is 77.6 cm³/mol. The van der Waals surface area contributed by atoms with Crippen molar-refractivity contribution >= 4 is 11.7 Å². The Morgan fingerprint density at radius 2 is 1.90 bits per heavy atom. The molecule has 6 nitrogen and oxygen atoms in total. The van der Waals surface area contributed by atoms with Crippen LogP contribution in [-0.2, 0) is 19.1 Å². The van der Waals surface area contributed by atoms with Crippen LogP contribution < -0.4 is 10.6 Å². The summed E-state index contributed by atoms with van der Waals surface area (Å²) in [4.78, 5) is 22.0. The molecule has 0 spiro atoms. The number of ether oxygens (including phenoxy) is 2. The molecule has 0 fully saturated rings. The molecule has 0 aromatic heterocycles. The van der Waals surface area contributed by atoms with Gasteiger partial charge >= 0.3 is 0 Å². The number of hydrogen-bond donors (Lipinski definition) is 2. The smallest absolute Gasteiger partial charge is 0.227 e. The summed E-state index contributed by atoms with van der Waals surface area (Å²) >= 11 is 0. The Labute approximate surface area is 121 Å². The highest BCUT2D eigenvalue weighted by Gasteiger charge is 2.09. The molecule has 0 aliphatic carbocycles. The standard InChI is InChI=1S/C14H28N2O4/c1-11(8-16-14(18)7-12(2)17)9-19-10-13(3)20-6-5-15-4/h11,13,15H,5-10H2,1-4H3,(H,16,18). The Morgan fingerprint density at radius 1 is 1.20 bits per heavy atom. The Balaban J connectivity index is 3.55. The molecular formula is C14H28N2O4. The second kappa shape index (κ2) is 11.8. The first-order chi connectivity index (χ1) is 9.45. The van der Waals surface area contributed by atoms with E-state index in [0.717, 1.165) is 6.54 Å². The number of nitrogens with one attached hydrogen (secondary N) is 2. The van der Waals surface area contributed by atoms with Crippen molar-refractivity contribution in [2.24, 2.45) is 5.92 Å². The Kier molecular flexibility index (Phi) is 11.2. The third-order valence-electron chi connectivity index (χ3n) is 2.57. The molecule has 2 unspecified atom stereocenters. The van der Waals surface area contributed by atoms with Crippen molar-refractivity contribution in [2.75, 3.05) is 40.0 Å². The van der Waals surface area contributed by atoms with Crippen LogP contribution in [0.4, 0.5) is 0 Å². The lowest BCUT2D eigenvalue weighted by Crippen LogP contribution is -2.31. The molecule has 0 aliphatic rings. The molecule has 0 heterocycles. The van der Waals surface area contributed by atoms with E-state index in [1.165, 1.54) is 6.92 Å². The first-order valence-electron chi connectivity index (χ1n) is 7.05. The second-order valence-electron chi connectivity index (χ2n) is 5.11. The van der Waals surface area contributed by atoms with Gasteiger partial charge in [0.1, 0.15) is 5.78 Å². The predicted octanol–water partition coefficient (Wildman–Crippen LogP) is 0.359. The van der Waals surface area contributed by atoms with Crippen molar-refractivity contribution in [3.8, 4) is 0 Å². The molecule has 0 bridgehead atoms. The molecule has 0 aliphatic heterocycles. The van der Waals surface area contributed by atoms with Gasteiger partial charge in [0.05, 0.1) is 32.3 Å². The lowest BCUT2D eigenvalue weighted by molar-refractivity contribution is -0.127. The molecule has 20 heavy (non-hydrogen) atoms. The summed E-state index contributed by atoms with van der Waals surface area (Å²) in [5.41, 5.74) is 0. The molecule has 0 radical (unpaired) electrons. The number of hydrogen-bond acceptors (Lipinski definition) is 5. The summed E-state index contributed by atoms with van der Waals surface area (Å²) in [7, 11) is 1.88. The first-order valence-corrected chi connectivity index (χ1v) is 7.05. The number of amides is 1. The van der Waals surface area contributed by atoms with Gasteiger partial charge in [-0.05, 0) is 26.8 Å². The summed E-state index contributed by atoms with van der Waals surface area (Å²) in [6.07, 6.45) is 0.00653. The third-order valence-corrected chi connectivity index (χ3v) is 2.57. The van der Waals surface area contributed by atoms with Gasteiger partial charge in [-0.3, -0.25) is 9.59 Å². The highest BCUT2D eigenvalue weighted by Crippen LogP contribution is 1.98. The van der Waals surface area contributed by atoms with Gasteiger partial charge in [-0.15, -0.1) is 0 Å². The van der Waals surface area contributed by atoms with Crippen molar-refractivity contribution in [3.63, 3.8) is 0 Å². The number of rotatable bonds is 12. The third kappa shape index (κ3) is 12.1. The van der Waals surface area contributed by atoms with Gasteiger partial charge in [-0.25, -0.2) is 0 Å². The summed E-state index contributed by atoms with van der Waals surface area (Å²) in [5, 5.41) is 5.72. The van der Waals surface area contributed by atoms with Crippen LogP contribution in [0.1, 0.15) is 27.2 Å². The monoisotopic (exact) mass is 288 g/mol. The van der Waals surface area contributed by atoms with Crippen LogP contribution in [0.25, 0.3) is 0 Å². The van der Waals surface area contributed by atoms with Crippen molar-refractivity contribution in [1.82, 2.24) is 10.6 Å². The highest BCUT2D eigenvalue weighted by atomic mass is 16.5. The van der Waals surface area contributed by atoms with Crippen LogP contribution in [-0.4, -0.2) is 57.8 Å². The molecule has 118 valence electrons. The van der Waals surface area contributed by atoms with Gasteiger partial charge < -0.3 is 20.1 Å². The van der Waals surface area contributed by atoms with E-state index >= 15 is 0 Å². The average Bonchev–Trinajstić information content (AvgIpc) is 2.36. The molecule has 0 aromatic carbocycles. The van der Waals surface area contributed by atoms with Gasteiger partial charge in [-0.1, -0.05) is 6.92 Å². The SMILES string of the molecule is CNCCOC(C)COCC(C)CNC(=O)CC(C)=O. The molecule has 0 saturated carbocycles.